The van der Waals surface area contributed by atoms with Crippen LogP contribution < -0.4 is 11.1 Å². The highest BCUT2D eigenvalue weighted by atomic mass is 16.5. The van der Waals surface area contributed by atoms with Crippen LogP contribution in [0.4, 0.5) is 0 Å². The van der Waals surface area contributed by atoms with Crippen molar-refractivity contribution in [2.24, 2.45) is 11.7 Å². The summed E-state index contributed by atoms with van der Waals surface area (Å²) in [7, 11) is 0. The molecule has 0 radical (unpaired) electrons. The summed E-state index contributed by atoms with van der Waals surface area (Å²) in [6.45, 7) is 4.51. The van der Waals surface area contributed by atoms with E-state index in [0.29, 0.717) is 24.8 Å². The smallest absolute Gasteiger partial charge is 0.223 e. The van der Waals surface area contributed by atoms with Gasteiger partial charge in [-0.25, -0.2) is 0 Å². The second-order valence-corrected chi connectivity index (χ2v) is 3.78. The molecule has 1 heterocycles. The lowest BCUT2D eigenvalue weighted by Crippen LogP contribution is -2.29. The van der Waals surface area contributed by atoms with Crippen LogP contribution >= 0.6 is 0 Å². The van der Waals surface area contributed by atoms with Gasteiger partial charge in [-0.2, -0.15) is 4.98 Å². The van der Waals surface area contributed by atoms with Crippen LogP contribution in [0.3, 0.4) is 0 Å². The maximum atomic E-state index is 11.6. The Bertz CT molecular complexity index is 337. The van der Waals surface area contributed by atoms with E-state index in [-0.39, 0.29) is 11.8 Å². The van der Waals surface area contributed by atoms with Crippen LogP contribution in [0, 0.1) is 12.8 Å². The van der Waals surface area contributed by atoms with E-state index in [0.717, 1.165) is 12.8 Å². The number of nitrogens with one attached hydrogen (secondary N) is 1. The highest BCUT2D eigenvalue weighted by molar-refractivity contribution is 5.78. The zero-order chi connectivity index (χ0) is 12.0. The van der Waals surface area contributed by atoms with Gasteiger partial charge in [-0.05, 0) is 19.4 Å². The van der Waals surface area contributed by atoms with Crippen molar-refractivity contribution in [1.29, 1.82) is 0 Å². The number of aromatic nitrogens is 2. The molecule has 0 bridgehead atoms. The minimum atomic E-state index is -0.0310. The maximum Gasteiger partial charge on any atom is 0.223 e. The number of nitrogens with two attached hydrogens (primary N) is 1. The third kappa shape index (κ3) is 3.98. The van der Waals surface area contributed by atoms with Crippen LogP contribution in [0.2, 0.25) is 0 Å². The van der Waals surface area contributed by atoms with Crippen molar-refractivity contribution in [2.75, 3.05) is 6.54 Å². The lowest BCUT2D eigenvalue weighted by atomic mass is 10.1. The Morgan fingerprint density at radius 1 is 1.62 bits per heavy atom. The molecule has 0 aliphatic heterocycles. The number of hydrogen-bond acceptors (Lipinski definition) is 5. The quantitative estimate of drug-likeness (QED) is 0.730. The van der Waals surface area contributed by atoms with E-state index in [9.17, 15) is 4.79 Å². The third-order valence-electron chi connectivity index (χ3n) is 2.28. The molecule has 0 aliphatic carbocycles. The number of amides is 1. The summed E-state index contributed by atoms with van der Waals surface area (Å²) in [5, 5.41) is 6.44. The summed E-state index contributed by atoms with van der Waals surface area (Å²) in [4.78, 5) is 15.6. The average molecular weight is 226 g/mol. The largest absolute Gasteiger partial charge is 0.348 e. The van der Waals surface area contributed by atoms with Crippen molar-refractivity contribution in [3.05, 3.63) is 11.7 Å². The average Bonchev–Trinajstić information content (AvgIpc) is 2.68. The van der Waals surface area contributed by atoms with Crippen LogP contribution in [0.1, 0.15) is 31.5 Å². The second-order valence-electron chi connectivity index (χ2n) is 3.78. The number of carbonyl (C=O) groups excluding carboxylic acids is 1. The molecule has 0 aliphatic rings. The normalized spacial score (nSPS) is 12.4. The van der Waals surface area contributed by atoms with Gasteiger partial charge in [0.15, 0.2) is 5.82 Å². The number of aryl methyl sites for hydroxylation is 1. The Labute approximate surface area is 94.6 Å². The monoisotopic (exact) mass is 226 g/mol. The maximum absolute atomic E-state index is 11.6. The zero-order valence-corrected chi connectivity index (χ0v) is 9.69. The predicted octanol–water partition coefficient (Wildman–Crippen LogP) is 0.369. The van der Waals surface area contributed by atoms with Crippen molar-refractivity contribution < 1.29 is 9.32 Å². The Morgan fingerprint density at radius 2 is 2.38 bits per heavy atom. The van der Waals surface area contributed by atoms with Crippen molar-refractivity contribution in [1.82, 2.24) is 15.5 Å². The molecule has 1 aromatic heterocycles. The molecule has 0 saturated carbocycles. The molecule has 1 rings (SSSR count). The molecule has 90 valence electrons. The van der Waals surface area contributed by atoms with E-state index in [1.807, 2.05) is 6.92 Å². The molecule has 1 amide bonds. The molecular formula is C10H18N4O2. The fourth-order valence-electron chi connectivity index (χ4n) is 1.31. The first kappa shape index (κ1) is 12.6. The zero-order valence-electron chi connectivity index (χ0n) is 9.69. The van der Waals surface area contributed by atoms with Crippen LogP contribution in [-0.4, -0.2) is 22.6 Å². The first-order chi connectivity index (χ1) is 7.63. The SMILES string of the molecule is Cc1nc(CNC(=O)C(C)CCCN)no1. The van der Waals surface area contributed by atoms with E-state index in [1.54, 1.807) is 6.92 Å². The Hall–Kier alpha value is -1.43. The van der Waals surface area contributed by atoms with Crippen LogP contribution in [0.15, 0.2) is 4.52 Å². The van der Waals surface area contributed by atoms with Gasteiger partial charge in [0.1, 0.15) is 0 Å². The lowest BCUT2D eigenvalue weighted by Gasteiger charge is -2.09. The van der Waals surface area contributed by atoms with E-state index in [1.165, 1.54) is 0 Å². The van der Waals surface area contributed by atoms with Gasteiger partial charge in [-0.15, -0.1) is 0 Å². The van der Waals surface area contributed by atoms with E-state index in [4.69, 9.17) is 10.3 Å². The molecule has 0 spiro atoms. The van der Waals surface area contributed by atoms with Crippen molar-refractivity contribution >= 4 is 5.91 Å². The van der Waals surface area contributed by atoms with Crippen molar-refractivity contribution in [3.63, 3.8) is 0 Å². The van der Waals surface area contributed by atoms with Gasteiger partial charge >= 0.3 is 0 Å². The molecule has 6 nitrogen and oxygen atoms in total. The molecule has 0 saturated heterocycles. The molecule has 1 unspecified atom stereocenters. The highest BCUT2D eigenvalue weighted by Crippen LogP contribution is 2.04. The number of carbonyl (C=O) groups is 1. The number of rotatable bonds is 6. The van der Waals surface area contributed by atoms with E-state index in [2.05, 4.69) is 15.5 Å². The topological polar surface area (TPSA) is 94.0 Å². The van der Waals surface area contributed by atoms with Gasteiger partial charge in [0, 0.05) is 12.8 Å². The van der Waals surface area contributed by atoms with Gasteiger partial charge in [-0.1, -0.05) is 12.1 Å². The van der Waals surface area contributed by atoms with E-state index >= 15 is 0 Å². The fraction of sp³-hybridized carbons (Fsp3) is 0.700. The minimum Gasteiger partial charge on any atom is -0.348 e. The lowest BCUT2D eigenvalue weighted by molar-refractivity contribution is -0.124. The summed E-state index contributed by atoms with van der Waals surface area (Å²) < 4.78 is 4.79. The summed E-state index contributed by atoms with van der Waals surface area (Å²) in [5.41, 5.74) is 5.38. The van der Waals surface area contributed by atoms with Crippen LogP contribution in [-0.2, 0) is 11.3 Å². The summed E-state index contributed by atoms with van der Waals surface area (Å²) >= 11 is 0. The molecular weight excluding hydrogens is 208 g/mol. The molecule has 6 heteroatoms. The standard InChI is InChI=1S/C10H18N4O2/c1-7(4-3-5-11)10(15)12-6-9-13-8(2)16-14-9/h7H,3-6,11H2,1-2H3,(H,12,15). The predicted molar refractivity (Wildman–Crippen MR) is 58.3 cm³/mol. The molecule has 0 aromatic carbocycles. The first-order valence-electron chi connectivity index (χ1n) is 5.40. The summed E-state index contributed by atoms with van der Waals surface area (Å²) in [5.74, 6) is 0.963. The summed E-state index contributed by atoms with van der Waals surface area (Å²) in [6.07, 6.45) is 1.66. The minimum absolute atomic E-state index is 0.00379. The molecule has 1 atom stereocenters. The Kier molecular flexibility index (Phi) is 4.91. The highest BCUT2D eigenvalue weighted by Gasteiger charge is 2.12. The van der Waals surface area contributed by atoms with Gasteiger partial charge in [0.05, 0.1) is 6.54 Å². The van der Waals surface area contributed by atoms with Gasteiger partial charge < -0.3 is 15.6 Å². The van der Waals surface area contributed by atoms with Crippen molar-refractivity contribution in [2.45, 2.75) is 33.2 Å². The third-order valence-corrected chi connectivity index (χ3v) is 2.28. The summed E-state index contributed by atoms with van der Waals surface area (Å²) in [6, 6.07) is 0. The van der Waals surface area contributed by atoms with Crippen molar-refractivity contribution in [3.8, 4) is 0 Å². The van der Waals surface area contributed by atoms with Gasteiger partial charge in [-0.3, -0.25) is 4.79 Å². The van der Waals surface area contributed by atoms with Gasteiger partial charge in [0.2, 0.25) is 11.8 Å². The number of hydrogen-bond donors (Lipinski definition) is 2. The Morgan fingerprint density at radius 3 is 2.94 bits per heavy atom. The number of nitrogens with zero attached hydrogens (tertiary/aromatic N) is 2. The second kappa shape index (κ2) is 6.22. The fourth-order valence-corrected chi connectivity index (χ4v) is 1.31. The Balaban J connectivity index is 2.29. The molecule has 0 fully saturated rings. The molecule has 1 aromatic rings. The van der Waals surface area contributed by atoms with E-state index < -0.39 is 0 Å². The van der Waals surface area contributed by atoms with Crippen LogP contribution in [0.5, 0.6) is 0 Å². The first-order valence-corrected chi connectivity index (χ1v) is 5.40. The van der Waals surface area contributed by atoms with Gasteiger partial charge in [0.25, 0.3) is 0 Å². The van der Waals surface area contributed by atoms with Crippen LogP contribution in [0.25, 0.3) is 0 Å². The molecule has 3 N–H and O–H groups in total. The molecule has 16 heavy (non-hydrogen) atoms.